The Balaban J connectivity index is 2.17. The molecule has 0 aromatic heterocycles. The molecule has 1 unspecified atom stereocenters. The number of methoxy groups -OCH3 is 1. The van der Waals surface area contributed by atoms with Crippen molar-refractivity contribution < 1.29 is 9.53 Å². The van der Waals surface area contributed by atoms with E-state index in [1.54, 1.807) is 7.11 Å². The monoisotopic (exact) mass is 276 g/mol. The van der Waals surface area contributed by atoms with Crippen LogP contribution in [0.25, 0.3) is 0 Å². The van der Waals surface area contributed by atoms with Crippen LogP contribution >= 0.6 is 0 Å². The van der Waals surface area contributed by atoms with Crippen LogP contribution in [0.2, 0.25) is 0 Å². The molecule has 1 aliphatic heterocycles. The predicted molar refractivity (Wildman–Crippen MR) is 81.2 cm³/mol. The average molecular weight is 276 g/mol. The van der Waals surface area contributed by atoms with Crippen LogP contribution in [-0.2, 0) is 4.79 Å². The molecule has 1 aliphatic rings. The molecule has 1 atom stereocenters. The first-order valence-electron chi connectivity index (χ1n) is 7.13. The number of nitrogens with one attached hydrogen (secondary N) is 2. The Kier molecular flexibility index (Phi) is 4.33. The number of carbonyl (C=O) groups excluding carboxylic acids is 1. The van der Waals surface area contributed by atoms with Crippen molar-refractivity contribution in [3.05, 3.63) is 23.8 Å². The standard InChI is InChI=1S/C16H24N2O2/c1-11-6-7-13(20-4)12(10-11)18-15(19)14-16(2,3)8-5-9-17-14/h6-7,10,14,17H,5,8-9H2,1-4H3,(H,18,19). The second-order valence-electron chi connectivity index (χ2n) is 6.17. The molecule has 1 aromatic rings. The third-order valence-electron chi connectivity index (χ3n) is 4.00. The number of rotatable bonds is 3. The highest BCUT2D eigenvalue weighted by atomic mass is 16.5. The highest BCUT2D eigenvalue weighted by Crippen LogP contribution is 2.32. The van der Waals surface area contributed by atoms with Gasteiger partial charge in [-0.2, -0.15) is 0 Å². The summed E-state index contributed by atoms with van der Waals surface area (Å²) in [6.07, 6.45) is 2.17. The number of aryl methyl sites for hydroxylation is 1. The summed E-state index contributed by atoms with van der Waals surface area (Å²) < 4.78 is 5.31. The molecule has 2 rings (SSSR count). The summed E-state index contributed by atoms with van der Waals surface area (Å²) in [7, 11) is 1.61. The fraction of sp³-hybridized carbons (Fsp3) is 0.562. The summed E-state index contributed by atoms with van der Waals surface area (Å²) in [6.45, 7) is 7.16. The van der Waals surface area contributed by atoms with E-state index in [-0.39, 0.29) is 17.4 Å². The molecular formula is C16H24N2O2. The Morgan fingerprint density at radius 3 is 2.85 bits per heavy atom. The zero-order valence-electron chi connectivity index (χ0n) is 12.7. The number of ether oxygens (including phenoxy) is 1. The quantitative estimate of drug-likeness (QED) is 0.892. The zero-order valence-corrected chi connectivity index (χ0v) is 12.7. The van der Waals surface area contributed by atoms with Crippen LogP contribution in [0.5, 0.6) is 5.75 Å². The van der Waals surface area contributed by atoms with E-state index in [0.717, 1.165) is 30.6 Å². The topological polar surface area (TPSA) is 50.4 Å². The highest BCUT2D eigenvalue weighted by molar-refractivity contribution is 5.96. The van der Waals surface area contributed by atoms with Crippen LogP contribution in [0, 0.1) is 12.3 Å². The van der Waals surface area contributed by atoms with Gasteiger partial charge in [0.2, 0.25) is 5.91 Å². The number of amides is 1. The van der Waals surface area contributed by atoms with Gasteiger partial charge in [-0.1, -0.05) is 19.9 Å². The second-order valence-corrected chi connectivity index (χ2v) is 6.17. The van der Waals surface area contributed by atoms with E-state index in [2.05, 4.69) is 24.5 Å². The fourth-order valence-corrected chi connectivity index (χ4v) is 2.78. The van der Waals surface area contributed by atoms with Crippen molar-refractivity contribution >= 4 is 11.6 Å². The fourth-order valence-electron chi connectivity index (χ4n) is 2.78. The number of carbonyl (C=O) groups is 1. The molecule has 0 spiro atoms. The molecule has 1 aromatic carbocycles. The predicted octanol–water partition coefficient (Wildman–Crippen LogP) is 2.72. The van der Waals surface area contributed by atoms with Gasteiger partial charge in [0.15, 0.2) is 0 Å². The average Bonchev–Trinajstić information content (AvgIpc) is 2.38. The maximum Gasteiger partial charge on any atom is 0.242 e. The molecule has 2 N–H and O–H groups in total. The van der Waals surface area contributed by atoms with Gasteiger partial charge in [0.25, 0.3) is 0 Å². The smallest absolute Gasteiger partial charge is 0.242 e. The first-order chi connectivity index (χ1) is 9.44. The number of piperidine rings is 1. The van der Waals surface area contributed by atoms with Crippen molar-refractivity contribution in [2.75, 3.05) is 19.0 Å². The molecule has 0 bridgehead atoms. The Morgan fingerprint density at radius 2 is 2.20 bits per heavy atom. The molecule has 1 fully saturated rings. The Morgan fingerprint density at radius 1 is 1.45 bits per heavy atom. The van der Waals surface area contributed by atoms with Gasteiger partial charge in [-0.15, -0.1) is 0 Å². The van der Waals surface area contributed by atoms with Gasteiger partial charge in [-0.05, 0) is 49.4 Å². The summed E-state index contributed by atoms with van der Waals surface area (Å²) >= 11 is 0. The molecule has 0 saturated carbocycles. The molecule has 1 heterocycles. The summed E-state index contributed by atoms with van der Waals surface area (Å²) in [5.41, 5.74) is 1.80. The number of hydrogen-bond donors (Lipinski definition) is 2. The Labute approximate surface area is 120 Å². The van der Waals surface area contributed by atoms with Gasteiger partial charge in [0.1, 0.15) is 5.75 Å². The van der Waals surface area contributed by atoms with E-state index in [1.807, 2.05) is 25.1 Å². The van der Waals surface area contributed by atoms with E-state index in [0.29, 0.717) is 5.75 Å². The summed E-state index contributed by atoms with van der Waals surface area (Å²) in [4.78, 5) is 12.5. The van der Waals surface area contributed by atoms with Crippen molar-refractivity contribution in [1.29, 1.82) is 0 Å². The summed E-state index contributed by atoms with van der Waals surface area (Å²) in [6, 6.07) is 5.62. The van der Waals surface area contributed by atoms with Gasteiger partial charge in [-0.3, -0.25) is 4.79 Å². The van der Waals surface area contributed by atoms with E-state index in [1.165, 1.54) is 0 Å². The van der Waals surface area contributed by atoms with Crippen LogP contribution in [0.4, 0.5) is 5.69 Å². The van der Waals surface area contributed by atoms with Gasteiger partial charge in [-0.25, -0.2) is 0 Å². The third-order valence-corrected chi connectivity index (χ3v) is 4.00. The van der Waals surface area contributed by atoms with E-state index < -0.39 is 0 Å². The largest absolute Gasteiger partial charge is 0.495 e. The van der Waals surface area contributed by atoms with Crippen molar-refractivity contribution in [3.63, 3.8) is 0 Å². The van der Waals surface area contributed by atoms with Gasteiger partial charge < -0.3 is 15.4 Å². The van der Waals surface area contributed by atoms with E-state index in [9.17, 15) is 4.79 Å². The maximum absolute atomic E-state index is 12.5. The van der Waals surface area contributed by atoms with Gasteiger partial charge in [0, 0.05) is 0 Å². The lowest BCUT2D eigenvalue weighted by Gasteiger charge is -2.38. The van der Waals surface area contributed by atoms with Crippen LogP contribution in [0.15, 0.2) is 18.2 Å². The lowest BCUT2D eigenvalue weighted by atomic mass is 9.77. The molecule has 4 heteroatoms. The number of hydrogen-bond acceptors (Lipinski definition) is 3. The van der Waals surface area contributed by atoms with Crippen molar-refractivity contribution in [2.24, 2.45) is 5.41 Å². The molecule has 4 nitrogen and oxygen atoms in total. The first kappa shape index (κ1) is 14.9. The van der Waals surface area contributed by atoms with Crippen molar-refractivity contribution in [2.45, 2.75) is 39.7 Å². The molecule has 1 saturated heterocycles. The van der Waals surface area contributed by atoms with E-state index >= 15 is 0 Å². The molecular weight excluding hydrogens is 252 g/mol. The van der Waals surface area contributed by atoms with Crippen LogP contribution in [0.3, 0.4) is 0 Å². The van der Waals surface area contributed by atoms with Crippen molar-refractivity contribution in [3.8, 4) is 5.75 Å². The first-order valence-corrected chi connectivity index (χ1v) is 7.13. The minimum atomic E-state index is -0.165. The number of anilines is 1. The minimum absolute atomic E-state index is 0.0126. The lowest BCUT2D eigenvalue weighted by molar-refractivity contribution is -0.121. The van der Waals surface area contributed by atoms with Crippen LogP contribution in [0.1, 0.15) is 32.3 Å². The molecule has 110 valence electrons. The highest BCUT2D eigenvalue weighted by Gasteiger charge is 2.37. The Bertz CT molecular complexity index is 497. The molecule has 0 radical (unpaired) electrons. The van der Waals surface area contributed by atoms with Crippen LogP contribution in [-0.4, -0.2) is 25.6 Å². The molecule has 0 aliphatic carbocycles. The maximum atomic E-state index is 12.5. The summed E-state index contributed by atoms with van der Waals surface area (Å²) in [5, 5.41) is 6.33. The zero-order chi connectivity index (χ0) is 14.8. The van der Waals surface area contributed by atoms with Crippen molar-refractivity contribution in [1.82, 2.24) is 5.32 Å². The molecule has 20 heavy (non-hydrogen) atoms. The third kappa shape index (κ3) is 3.12. The molecule has 1 amide bonds. The number of benzene rings is 1. The second kappa shape index (κ2) is 5.83. The minimum Gasteiger partial charge on any atom is -0.495 e. The van der Waals surface area contributed by atoms with Gasteiger partial charge >= 0.3 is 0 Å². The summed E-state index contributed by atoms with van der Waals surface area (Å²) in [5.74, 6) is 0.705. The van der Waals surface area contributed by atoms with E-state index in [4.69, 9.17) is 4.74 Å². The van der Waals surface area contributed by atoms with Crippen LogP contribution < -0.4 is 15.4 Å². The SMILES string of the molecule is COc1ccc(C)cc1NC(=O)C1NCCCC1(C)C. The lowest BCUT2D eigenvalue weighted by Crippen LogP contribution is -2.53. The van der Waals surface area contributed by atoms with Gasteiger partial charge in [0.05, 0.1) is 18.8 Å². The Hall–Kier alpha value is -1.55. The normalized spacial score (nSPS) is 21.3.